The van der Waals surface area contributed by atoms with Crippen LogP contribution >= 0.6 is 0 Å². The van der Waals surface area contributed by atoms with Gasteiger partial charge in [-0.2, -0.15) is 5.10 Å². The van der Waals surface area contributed by atoms with Crippen LogP contribution in [0.3, 0.4) is 0 Å². The predicted molar refractivity (Wildman–Crippen MR) is 82.1 cm³/mol. The van der Waals surface area contributed by atoms with Crippen molar-refractivity contribution in [3.8, 4) is 0 Å². The van der Waals surface area contributed by atoms with Gasteiger partial charge in [-0.05, 0) is 12.8 Å². The second kappa shape index (κ2) is 6.22. The molecule has 0 radical (unpaired) electrons. The Kier molecular flexibility index (Phi) is 4.09. The number of aromatic nitrogens is 2. The Morgan fingerprint density at radius 1 is 1.39 bits per heavy atom. The Hall–Kier alpha value is -1.44. The number of amides is 1. The fourth-order valence-corrected chi connectivity index (χ4v) is 4.06. The van der Waals surface area contributed by atoms with Gasteiger partial charge in [0.1, 0.15) is 0 Å². The molecule has 1 aromatic heterocycles. The van der Waals surface area contributed by atoms with E-state index < -0.39 is 0 Å². The van der Waals surface area contributed by atoms with Gasteiger partial charge in [-0.3, -0.25) is 19.2 Å². The summed E-state index contributed by atoms with van der Waals surface area (Å²) in [5, 5.41) is 5.81. The number of hydrogen-bond donors (Lipinski definition) is 0. The lowest BCUT2D eigenvalue weighted by molar-refractivity contribution is -0.179. The highest BCUT2D eigenvalue weighted by atomic mass is 16.7. The molecule has 0 aromatic carbocycles. The van der Waals surface area contributed by atoms with Gasteiger partial charge in [0, 0.05) is 51.0 Å². The van der Waals surface area contributed by atoms with E-state index in [0.717, 1.165) is 45.6 Å². The highest BCUT2D eigenvalue weighted by Gasteiger charge is 2.45. The first-order valence-electron chi connectivity index (χ1n) is 8.46. The molecule has 4 rings (SSSR count). The normalized spacial score (nSPS) is 31.5. The summed E-state index contributed by atoms with van der Waals surface area (Å²) < 4.78 is 7.71. The van der Waals surface area contributed by atoms with E-state index in [-0.39, 0.29) is 17.9 Å². The van der Waals surface area contributed by atoms with Gasteiger partial charge < -0.3 is 4.74 Å². The van der Waals surface area contributed by atoms with Crippen molar-refractivity contribution in [2.45, 2.75) is 25.5 Å². The van der Waals surface area contributed by atoms with E-state index in [9.17, 15) is 4.79 Å². The van der Waals surface area contributed by atoms with E-state index in [2.05, 4.69) is 10.00 Å². The number of nitrogens with zero attached hydrogens (tertiary/aromatic N) is 4. The van der Waals surface area contributed by atoms with Crippen LogP contribution in [0, 0.1) is 11.8 Å². The molecule has 0 spiro atoms. The number of carbonyl (C=O) groups excluding carboxylic acids is 1. The molecule has 0 aliphatic carbocycles. The second-order valence-electron chi connectivity index (χ2n) is 6.81. The molecule has 0 unspecified atom stereocenters. The van der Waals surface area contributed by atoms with Gasteiger partial charge in [-0.25, -0.2) is 5.06 Å². The van der Waals surface area contributed by atoms with Crippen molar-refractivity contribution >= 4 is 5.91 Å². The molecule has 3 aliphatic heterocycles. The van der Waals surface area contributed by atoms with Gasteiger partial charge in [0.05, 0.1) is 31.4 Å². The van der Waals surface area contributed by atoms with Crippen molar-refractivity contribution in [2.24, 2.45) is 18.9 Å². The molecule has 3 aliphatic rings. The monoisotopic (exact) mass is 320 g/mol. The van der Waals surface area contributed by atoms with Crippen LogP contribution in [0.4, 0.5) is 0 Å². The molecule has 3 saturated heterocycles. The number of carbonyl (C=O) groups is 1. The number of piperidine rings is 1. The minimum Gasteiger partial charge on any atom is -0.377 e. The summed E-state index contributed by atoms with van der Waals surface area (Å²) in [6, 6.07) is 0. The summed E-state index contributed by atoms with van der Waals surface area (Å²) >= 11 is 0. The van der Waals surface area contributed by atoms with Crippen molar-refractivity contribution in [1.29, 1.82) is 0 Å². The molecule has 7 heteroatoms. The molecule has 0 N–H and O–H groups in total. The molecular formula is C16H24N4O3. The topological polar surface area (TPSA) is 59.8 Å². The van der Waals surface area contributed by atoms with E-state index in [0.29, 0.717) is 12.5 Å². The SMILES string of the molecule is Cn1cc(CN2C[C@@H]3OCC[C@@H]3[C@H](C(=O)N3CCCO3)C2)cn1. The number of rotatable bonds is 3. The number of hydrogen-bond acceptors (Lipinski definition) is 5. The molecule has 7 nitrogen and oxygen atoms in total. The van der Waals surface area contributed by atoms with Crippen LogP contribution in [-0.2, 0) is 28.0 Å². The molecule has 23 heavy (non-hydrogen) atoms. The molecule has 3 fully saturated rings. The molecular weight excluding hydrogens is 296 g/mol. The van der Waals surface area contributed by atoms with Crippen LogP contribution < -0.4 is 0 Å². The Morgan fingerprint density at radius 3 is 3.04 bits per heavy atom. The predicted octanol–water partition coefficient (Wildman–Crippen LogP) is 0.421. The maximum Gasteiger partial charge on any atom is 0.250 e. The van der Waals surface area contributed by atoms with Gasteiger partial charge in [-0.15, -0.1) is 0 Å². The zero-order valence-corrected chi connectivity index (χ0v) is 13.6. The lowest BCUT2D eigenvalue weighted by Gasteiger charge is -2.40. The highest BCUT2D eigenvalue weighted by Crippen LogP contribution is 2.35. The van der Waals surface area contributed by atoms with Gasteiger partial charge in [0.15, 0.2) is 0 Å². The third-order valence-corrected chi connectivity index (χ3v) is 5.15. The van der Waals surface area contributed by atoms with Crippen molar-refractivity contribution < 1.29 is 14.4 Å². The summed E-state index contributed by atoms with van der Waals surface area (Å²) in [6.07, 6.45) is 6.00. The van der Waals surface area contributed by atoms with Crippen LogP contribution in [-0.4, -0.2) is 64.6 Å². The zero-order chi connectivity index (χ0) is 15.8. The Labute approximate surface area is 136 Å². The summed E-state index contributed by atoms with van der Waals surface area (Å²) in [6.45, 7) is 4.62. The van der Waals surface area contributed by atoms with Crippen LogP contribution in [0.1, 0.15) is 18.4 Å². The summed E-state index contributed by atoms with van der Waals surface area (Å²) in [4.78, 5) is 20.7. The Morgan fingerprint density at radius 2 is 2.30 bits per heavy atom. The quantitative estimate of drug-likeness (QED) is 0.808. The standard InChI is InChI=1S/C16H24N4O3/c1-18-8-12(7-17-18)9-19-10-14(13-3-6-22-15(13)11-19)16(21)20-4-2-5-23-20/h7-8,13-15H,2-6,9-11H2,1H3/t13-,14-,15+/m1/s1. The van der Waals surface area contributed by atoms with E-state index in [1.165, 1.54) is 5.56 Å². The first kappa shape index (κ1) is 15.1. The average Bonchev–Trinajstić information content (AvgIpc) is 3.26. The smallest absolute Gasteiger partial charge is 0.250 e. The van der Waals surface area contributed by atoms with Crippen molar-refractivity contribution in [3.63, 3.8) is 0 Å². The second-order valence-corrected chi connectivity index (χ2v) is 6.81. The van der Waals surface area contributed by atoms with Crippen LogP contribution in [0.25, 0.3) is 0 Å². The number of likely N-dealkylation sites (tertiary alicyclic amines) is 1. The number of aryl methyl sites for hydroxylation is 1. The van der Waals surface area contributed by atoms with Crippen molar-refractivity contribution in [3.05, 3.63) is 18.0 Å². The Balaban J connectivity index is 1.48. The van der Waals surface area contributed by atoms with Gasteiger partial charge in [-0.1, -0.05) is 0 Å². The number of ether oxygens (including phenoxy) is 1. The van der Waals surface area contributed by atoms with Gasteiger partial charge in [0.25, 0.3) is 5.91 Å². The lowest BCUT2D eigenvalue weighted by atomic mass is 9.82. The highest BCUT2D eigenvalue weighted by molar-refractivity contribution is 5.79. The van der Waals surface area contributed by atoms with Gasteiger partial charge >= 0.3 is 0 Å². The molecule has 4 heterocycles. The van der Waals surface area contributed by atoms with Crippen molar-refractivity contribution in [1.82, 2.24) is 19.7 Å². The van der Waals surface area contributed by atoms with Crippen LogP contribution in [0.15, 0.2) is 12.4 Å². The van der Waals surface area contributed by atoms with Gasteiger partial charge in [0.2, 0.25) is 0 Å². The molecule has 126 valence electrons. The fraction of sp³-hybridized carbons (Fsp3) is 0.750. The molecule has 3 atom stereocenters. The maximum atomic E-state index is 12.8. The van der Waals surface area contributed by atoms with Crippen LogP contribution in [0.2, 0.25) is 0 Å². The molecule has 1 amide bonds. The number of fused-ring (bicyclic) bond motifs is 1. The largest absolute Gasteiger partial charge is 0.377 e. The van der Waals surface area contributed by atoms with Crippen LogP contribution in [0.5, 0.6) is 0 Å². The first-order chi connectivity index (χ1) is 11.2. The lowest BCUT2D eigenvalue weighted by Crippen LogP contribution is -2.52. The average molecular weight is 320 g/mol. The summed E-state index contributed by atoms with van der Waals surface area (Å²) in [7, 11) is 1.92. The number of hydroxylamine groups is 2. The molecule has 1 aromatic rings. The van der Waals surface area contributed by atoms with E-state index in [1.807, 2.05) is 24.1 Å². The first-order valence-corrected chi connectivity index (χ1v) is 8.46. The Bertz CT molecular complexity index is 569. The third kappa shape index (κ3) is 3.00. The minimum atomic E-state index is -0.0222. The third-order valence-electron chi connectivity index (χ3n) is 5.15. The molecule has 0 bridgehead atoms. The summed E-state index contributed by atoms with van der Waals surface area (Å²) in [5.41, 5.74) is 1.17. The van der Waals surface area contributed by atoms with E-state index in [1.54, 1.807) is 5.06 Å². The van der Waals surface area contributed by atoms with Crippen molar-refractivity contribution in [2.75, 3.05) is 32.8 Å². The molecule has 0 saturated carbocycles. The summed E-state index contributed by atoms with van der Waals surface area (Å²) in [5.74, 6) is 0.446. The van der Waals surface area contributed by atoms with E-state index >= 15 is 0 Å². The fourth-order valence-electron chi connectivity index (χ4n) is 4.06. The van der Waals surface area contributed by atoms with E-state index in [4.69, 9.17) is 9.57 Å². The zero-order valence-electron chi connectivity index (χ0n) is 13.6. The maximum absolute atomic E-state index is 12.8. The minimum absolute atomic E-state index is 0.0222.